The summed E-state index contributed by atoms with van der Waals surface area (Å²) in [5.74, 6) is 2.04. The molecule has 0 fully saturated rings. The van der Waals surface area contributed by atoms with E-state index >= 15 is 0 Å². The molecular weight excluding hydrogens is 242 g/mol. The van der Waals surface area contributed by atoms with Crippen LogP contribution in [0.2, 0.25) is 0 Å². The molecule has 0 aliphatic carbocycles. The van der Waals surface area contributed by atoms with Crippen LogP contribution in [-0.2, 0) is 0 Å². The lowest BCUT2D eigenvalue weighted by molar-refractivity contribution is 0.346. The highest BCUT2D eigenvalue weighted by Gasteiger charge is 2.15. The van der Waals surface area contributed by atoms with Gasteiger partial charge in [-0.2, -0.15) is 0 Å². The second-order valence-electron chi connectivity index (χ2n) is 3.46. The summed E-state index contributed by atoms with van der Waals surface area (Å²) in [5.41, 5.74) is 6.94. The van der Waals surface area contributed by atoms with Gasteiger partial charge in [0.2, 0.25) is 0 Å². The molecule has 4 nitrogen and oxygen atoms in total. The first kappa shape index (κ1) is 15.9. The van der Waals surface area contributed by atoms with Crippen LogP contribution in [0.15, 0.2) is 12.1 Å². The van der Waals surface area contributed by atoms with Crippen LogP contribution in [0.1, 0.15) is 24.9 Å². The summed E-state index contributed by atoms with van der Waals surface area (Å²) < 4.78 is 15.7. The van der Waals surface area contributed by atoms with Gasteiger partial charge in [-0.05, 0) is 12.5 Å². The van der Waals surface area contributed by atoms with E-state index in [1.807, 2.05) is 13.0 Å². The van der Waals surface area contributed by atoms with Crippen LogP contribution >= 0.6 is 12.4 Å². The monoisotopic (exact) mass is 261 g/mol. The Morgan fingerprint density at radius 3 is 1.88 bits per heavy atom. The topological polar surface area (TPSA) is 53.7 Å². The van der Waals surface area contributed by atoms with Crippen molar-refractivity contribution < 1.29 is 14.2 Å². The number of halogens is 1. The Bertz CT molecular complexity index is 358. The van der Waals surface area contributed by atoms with Gasteiger partial charge in [-0.1, -0.05) is 6.92 Å². The van der Waals surface area contributed by atoms with Gasteiger partial charge >= 0.3 is 0 Å². The van der Waals surface area contributed by atoms with Crippen molar-refractivity contribution in [2.45, 2.75) is 19.4 Å². The lowest BCUT2D eigenvalue weighted by atomic mass is 10.0. The van der Waals surface area contributed by atoms with E-state index in [1.54, 1.807) is 27.4 Å². The standard InChI is InChI=1S/C12H19NO3.ClH/c1-5-9(13)8-6-11(15-3)12(16-4)7-10(8)14-2;/h6-7,9H,5,13H2,1-4H3;1H/t9-;/m0./s1. The van der Waals surface area contributed by atoms with Crippen LogP contribution in [-0.4, -0.2) is 21.3 Å². The van der Waals surface area contributed by atoms with E-state index in [9.17, 15) is 0 Å². The molecule has 0 saturated carbocycles. The quantitative estimate of drug-likeness (QED) is 0.885. The van der Waals surface area contributed by atoms with Crippen molar-refractivity contribution in [3.8, 4) is 17.2 Å². The van der Waals surface area contributed by atoms with Gasteiger partial charge in [-0.25, -0.2) is 0 Å². The molecule has 0 aliphatic heterocycles. The summed E-state index contributed by atoms with van der Waals surface area (Å²) in [6.45, 7) is 2.03. The van der Waals surface area contributed by atoms with Gasteiger partial charge < -0.3 is 19.9 Å². The molecule has 0 saturated heterocycles. The maximum Gasteiger partial charge on any atom is 0.164 e. The van der Waals surface area contributed by atoms with Crippen LogP contribution in [0.25, 0.3) is 0 Å². The maximum absolute atomic E-state index is 6.01. The lowest BCUT2D eigenvalue weighted by Crippen LogP contribution is -2.10. The van der Waals surface area contributed by atoms with E-state index in [4.69, 9.17) is 19.9 Å². The first-order valence-corrected chi connectivity index (χ1v) is 5.23. The first-order valence-electron chi connectivity index (χ1n) is 5.23. The molecule has 1 rings (SSSR count). The van der Waals surface area contributed by atoms with Crippen LogP contribution in [0.3, 0.4) is 0 Å². The Morgan fingerprint density at radius 2 is 1.47 bits per heavy atom. The van der Waals surface area contributed by atoms with E-state index in [0.717, 1.165) is 17.7 Å². The third-order valence-electron chi connectivity index (χ3n) is 2.58. The molecule has 98 valence electrons. The summed E-state index contributed by atoms with van der Waals surface area (Å²) in [7, 11) is 4.81. The molecule has 0 radical (unpaired) electrons. The minimum Gasteiger partial charge on any atom is -0.496 e. The number of nitrogens with two attached hydrogens (primary N) is 1. The van der Waals surface area contributed by atoms with Crippen molar-refractivity contribution in [2.24, 2.45) is 5.73 Å². The molecule has 0 bridgehead atoms. The number of rotatable bonds is 5. The molecule has 1 atom stereocenters. The molecule has 1 aromatic rings. The van der Waals surface area contributed by atoms with Crippen LogP contribution in [0.4, 0.5) is 0 Å². The van der Waals surface area contributed by atoms with Crippen molar-refractivity contribution in [1.29, 1.82) is 0 Å². The molecular formula is C12H20ClNO3. The van der Waals surface area contributed by atoms with Gasteiger partial charge in [-0.3, -0.25) is 0 Å². The Kier molecular flexibility index (Phi) is 6.76. The van der Waals surface area contributed by atoms with Crippen LogP contribution < -0.4 is 19.9 Å². The minimum atomic E-state index is -0.0604. The second kappa shape index (κ2) is 7.25. The predicted molar refractivity (Wildman–Crippen MR) is 70.6 cm³/mol. The molecule has 1 aromatic carbocycles. The van der Waals surface area contributed by atoms with Gasteiger partial charge in [-0.15, -0.1) is 12.4 Å². The van der Waals surface area contributed by atoms with E-state index < -0.39 is 0 Å². The average molecular weight is 262 g/mol. The van der Waals surface area contributed by atoms with E-state index in [1.165, 1.54) is 0 Å². The van der Waals surface area contributed by atoms with Crippen LogP contribution in [0, 0.1) is 0 Å². The summed E-state index contributed by atoms with van der Waals surface area (Å²) in [5, 5.41) is 0. The van der Waals surface area contributed by atoms with Crippen molar-refractivity contribution >= 4 is 12.4 Å². The molecule has 0 aliphatic rings. The van der Waals surface area contributed by atoms with Crippen LogP contribution in [0.5, 0.6) is 17.2 Å². The summed E-state index contributed by atoms with van der Waals surface area (Å²) in [4.78, 5) is 0. The third-order valence-corrected chi connectivity index (χ3v) is 2.58. The molecule has 0 unspecified atom stereocenters. The van der Waals surface area contributed by atoms with Gasteiger partial charge in [0.15, 0.2) is 11.5 Å². The molecule has 0 heterocycles. The highest BCUT2D eigenvalue weighted by atomic mass is 35.5. The van der Waals surface area contributed by atoms with Crippen molar-refractivity contribution in [3.05, 3.63) is 17.7 Å². The lowest BCUT2D eigenvalue weighted by Gasteiger charge is -2.17. The molecule has 17 heavy (non-hydrogen) atoms. The van der Waals surface area contributed by atoms with Crippen molar-refractivity contribution in [3.63, 3.8) is 0 Å². The number of hydrogen-bond donors (Lipinski definition) is 1. The highest BCUT2D eigenvalue weighted by molar-refractivity contribution is 5.85. The number of benzene rings is 1. The van der Waals surface area contributed by atoms with E-state index in [0.29, 0.717) is 11.5 Å². The Hall–Kier alpha value is -1.13. The average Bonchev–Trinajstić information content (AvgIpc) is 2.35. The molecule has 5 heteroatoms. The largest absolute Gasteiger partial charge is 0.496 e. The summed E-state index contributed by atoms with van der Waals surface area (Å²) in [6.07, 6.45) is 0.839. The zero-order chi connectivity index (χ0) is 12.1. The fourth-order valence-electron chi connectivity index (χ4n) is 1.56. The maximum atomic E-state index is 6.01. The van der Waals surface area contributed by atoms with E-state index in [2.05, 4.69) is 0 Å². The Balaban J connectivity index is 0.00000256. The zero-order valence-corrected chi connectivity index (χ0v) is 11.5. The summed E-state index contributed by atoms with van der Waals surface area (Å²) in [6, 6.07) is 3.60. The molecule has 2 N–H and O–H groups in total. The van der Waals surface area contributed by atoms with Gasteiger partial charge in [0.1, 0.15) is 5.75 Å². The number of methoxy groups -OCH3 is 3. The fraction of sp³-hybridized carbons (Fsp3) is 0.500. The zero-order valence-electron chi connectivity index (χ0n) is 10.6. The SMILES string of the molecule is CC[C@H](N)c1cc(OC)c(OC)cc1OC.Cl. The second-order valence-corrected chi connectivity index (χ2v) is 3.46. The van der Waals surface area contributed by atoms with Gasteiger partial charge in [0.05, 0.1) is 21.3 Å². The predicted octanol–water partition coefficient (Wildman–Crippen LogP) is 2.54. The molecule has 0 spiro atoms. The molecule has 0 amide bonds. The highest BCUT2D eigenvalue weighted by Crippen LogP contribution is 2.37. The first-order chi connectivity index (χ1) is 7.67. The third kappa shape index (κ3) is 3.41. The fourth-order valence-corrected chi connectivity index (χ4v) is 1.56. The smallest absolute Gasteiger partial charge is 0.164 e. The number of hydrogen-bond acceptors (Lipinski definition) is 4. The van der Waals surface area contributed by atoms with E-state index in [-0.39, 0.29) is 18.4 Å². The number of ether oxygens (including phenoxy) is 3. The Morgan fingerprint density at radius 1 is 1.00 bits per heavy atom. The minimum absolute atomic E-state index is 0. The van der Waals surface area contributed by atoms with Crippen molar-refractivity contribution in [1.82, 2.24) is 0 Å². The Labute approximate surface area is 108 Å². The summed E-state index contributed by atoms with van der Waals surface area (Å²) >= 11 is 0. The normalized spacial score (nSPS) is 11.4. The van der Waals surface area contributed by atoms with Gasteiger partial charge in [0, 0.05) is 17.7 Å². The van der Waals surface area contributed by atoms with Gasteiger partial charge in [0.25, 0.3) is 0 Å². The molecule has 0 aromatic heterocycles. The van der Waals surface area contributed by atoms with Crippen molar-refractivity contribution in [2.75, 3.05) is 21.3 Å².